The van der Waals surface area contributed by atoms with Gasteiger partial charge in [0.1, 0.15) is 0 Å². The second-order valence-corrected chi connectivity index (χ2v) is 28.7. The molecule has 0 nitrogen and oxygen atoms in total. The average Bonchev–Trinajstić information content (AvgIpc) is 1.06. The Bertz CT molecular complexity index is 3650. The summed E-state index contributed by atoms with van der Waals surface area (Å²) in [5.41, 5.74) is 16.9. The molecule has 0 bridgehead atoms. The van der Waals surface area contributed by atoms with Crippen LogP contribution in [0.4, 0.5) is 0 Å². The molecule has 0 heteroatoms. The van der Waals surface area contributed by atoms with Crippen molar-refractivity contribution in [2.75, 3.05) is 0 Å². The molecule has 0 heterocycles. The molecule has 0 saturated heterocycles. The zero-order valence-corrected chi connectivity index (χ0v) is 92.1. The van der Waals surface area contributed by atoms with E-state index in [9.17, 15) is 0 Å². The van der Waals surface area contributed by atoms with E-state index in [0.29, 0.717) is 5.41 Å². The summed E-state index contributed by atoms with van der Waals surface area (Å²) in [6.07, 6.45) is 33.6. The highest BCUT2D eigenvalue weighted by Gasteiger charge is 1.96. The van der Waals surface area contributed by atoms with Crippen LogP contribution in [0.15, 0.2) is 517 Å². The van der Waals surface area contributed by atoms with Crippen LogP contribution in [0.25, 0.3) is 85.1 Å². The summed E-state index contributed by atoms with van der Waals surface area (Å²) in [5, 5.41) is 0. The number of hydrogen-bond donors (Lipinski definition) is 0. The van der Waals surface area contributed by atoms with E-state index in [1.807, 2.05) is 593 Å². The fourth-order valence-corrected chi connectivity index (χ4v) is 8.60. The lowest BCUT2D eigenvalue weighted by Crippen LogP contribution is -1.93. The quantitative estimate of drug-likeness (QED) is 0.0852. The van der Waals surface area contributed by atoms with Crippen LogP contribution in [0.5, 0.6) is 0 Å². The van der Waals surface area contributed by atoms with Gasteiger partial charge in [-0.05, 0) is 83.3 Å². The molecule has 0 unspecified atom stereocenters. The van der Waals surface area contributed by atoms with Gasteiger partial charge in [-0.25, -0.2) is 0 Å². The van der Waals surface area contributed by atoms with Crippen molar-refractivity contribution < 1.29 is 0 Å². The van der Waals surface area contributed by atoms with Crippen LogP contribution >= 0.6 is 0 Å². The lowest BCUT2D eigenvalue weighted by atomic mass is 10.0. The molecule has 14 aromatic carbocycles. The van der Waals surface area contributed by atoms with Crippen LogP contribution in [0.2, 0.25) is 0 Å². The summed E-state index contributed by atoms with van der Waals surface area (Å²) >= 11 is 0. The van der Waals surface area contributed by atoms with Crippen molar-refractivity contribution in [1.82, 2.24) is 0 Å². The fourth-order valence-electron chi connectivity index (χ4n) is 8.60. The van der Waals surface area contributed by atoms with Crippen LogP contribution in [0.1, 0.15) is 269 Å². The van der Waals surface area contributed by atoms with Crippen molar-refractivity contribution in [2.24, 2.45) is 5.41 Å². The van der Waals surface area contributed by atoms with Gasteiger partial charge < -0.3 is 0 Å². The van der Waals surface area contributed by atoms with E-state index in [1.165, 1.54) is 116 Å². The fraction of sp³-hybridized carbons (Fsp3) is 0.206. The second-order valence-electron chi connectivity index (χ2n) is 28.7. The van der Waals surface area contributed by atoms with Crippen molar-refractivity contribution in [2.45, 2.75) is 191 Å². The summed E-state index contributed by atoms with van der Waals surface area (Å²) in [4.78, 5) is 0. The smallest absolute Gasteiger partial charge is 0.0263 e. The molecule has 0 radical (unpaired) electrons. The Labute approximate surface area is 869 Å². The monoisotopic (exact) mass is 1880 g/mol. The minimum absolute atomic E-state index is 0.500. The van der Waals surface area contributed by atoms with Crippen LogP contribution < -0.4 is 0 Å². The molecule has 141 heavy (non-hydrogen) atoms. The highest BCUT2D eigenvalue weighted by atomic mass is 14.0. The molecule has 0 aromatic heterocycles. The van der Waals surface area contributed by atoms with E-state index in [-0.39, 0.29) is 0 Å². The van der Waals surface area contributed by atoms with Gasteiger partial charge in [0.25, 0.3) is 0 Å². The van der Waals surface area contributed by atoms with Crippen LogP contribution in [0.3, 0.4) is 0 Å². The molecule has 0 aliphatic rings. The maximum Gasteiger partial charge on any atom is -0.0263 e. The molecule has 0 spiro atoms. The molecule has 0 aliphatic carbocycles. The van der Waals surface area contributed by atoms with Gasteiger partial charge in [-0.2, -0.15) is 0 Å². The molecule has 0 amide bonds. The Morgan fingerprint density at radius 1 is 0.135 bits per heavy atom. The van der Waals surface area contributed by atoms with E-state index < -0.39 is 0 Å². The summed E-state index contributed by atoms with van der Waals surface area (Å²) < 4.78 is 0. The van der Waals surface area contributed by atoms with Gasteiger partial charge >= 0.3 is 0 Å². The van der Waals surface area contributed by atoms with Gasteiger partial charge in [0.05, 0.1) is 0 Å². The van der Waals surface area contributed by atoms with Gasteiger partial charge in [0.2, 0.25) is 0 Å². The lowest BCUT2D eigenvalue weighted by molar-refractivity contribution is 0.469. The van der Waals surface area contributed by atoms with Gasteiger partial charge in [0.15, 0.2) is 0 Å². The molecular weight excluding hydrogens is 1690 g/mol. The van der Waals surface area contributed by atoms with Gasteiger partial charge in [0, 0.05) is 0 Å². The normalized spacial score (nSPS) is 8.07. The van der Waals surface area contributed by atoms with Gasteiger partial charge in [-0.15, -0.1) is 0 Å². The number of hydrogen-bond acceptors (Lipinski definition) is 0. The number of rotatable bonds is 17. The largest absolute Gasteiger partial charge is 0.0985 e. The van der Waals surface area contributed by atoms with Crippen molar-refractivity contribution in [3.8, 4) is 0 Å². The Balaban J connectivity index is -0.000000161. The predicted octanol–water partition coefficient (Wildman–Crippen LogP) is 46.2. The third-order valence-corrected chi connectivity index (χ3v) is 15.7. The minimum atomic E-state index is 0.500. The molecule has 0 aliphatic heterocycles. The molecule has 0 N–H and O–H groups in total. The van der Waals surface area contributed by atoms with Crippen LogP contribution in [0, 0.1) is 5.41 Å². The summed E-state index contributed by atoms with van der Waals surface area (Å²) in [5.74, 6) is 0. The zero-order chi connectivity index (χ0) is 108. The molecule has 14 aromatic rings. The molecule has 0 atom stereocenters. The SMILES string of the molecule is C=Cc1ccccc1.C=Cc1ccccc1.C=Cc1ccccc1.C=Cc1ccccc1.C=Cc1ccccc1.C=Cc1ccccc1.C=Cc1ccccc1.C=Cc1ccccc1.C=Cc1ccccc1.C=Cc1ccccc1.C=Cc1ccccc1.C=Cc1ccccc1.C=Cc1ccccc1.C=Cc1ccccc1.CC.CC.CC.CC.CC.CC.CC(C)(C)C.CCC.CCCC.CCCCC. The van der Waals surface area contributed by atoms with Gasteiger partial charge in [-0.1, -0.05) is 793 Å². The standard InChI is InChI=1S/14C8H8.2C5H12.C4H10.C3H8.6C2H6/c14*1-2-8-6-4-3-5-7-8;1-5(2,3)4;1-3-5-4-2;1-3-4-2;1-3-2;6*1-2/h14*2-7H,1H2;1-4H3;3-5H2,1-2H3;3-4H2,1-2H3;3H2,1-2H3;6*1-2H3. The predicted molar refractivity (Wildman–Crippen MR) is 666 cm³/mol. The van der Waals surface area contributed by atoms with E-state index >= 15 is 0 Å². The highest BCUT2D eigenvalue weighted by molar-refractivity contribution is 5.53. The van der Waals surface area contributed by atoms with E-state index in [0.717, 1.165) is 0 Å². The highest BCUT2D eigenvalue weighted by Crippen LogP contribution is 2.10. The van der Waals surface area contributed by atoms with Crippen molar-refractivity contribution in [3.63, 3.8) is 0 Å². The first kappa shape index (κ1) is 147. The third-order valence-electron chi connectivity index (χ3n) is 15.7. The topological polar surface area (TPSA) is 0 Å². The zero-order valence-electron chi connectivity index (χ0n) is 92.1. The van der Waals surface area contributed by atoms with Crippen LogP contribution in [-0.2, 0) is 0 Å². The van der Waals surface area contributed by atoms with Crippen molar-refractivity contribution >= 4 is 85.1 Å². The maximum atomic E-state index is 3.63. The summed E-state index contributed by atoms with van der Waals surface area (Å²) in [7, 11) is 0. The lowest BCUT2D eigenvalue weighted by Gasteiger charge is -2.05. The first-order valence-electron chi connectivity index (χ1n) is 50.2. The van der Waals surface area contributed by atoms with Crippen LogP contribution in [-0.4, -0.2) is 0 Å². The second kappa shape index (κ2) is 127. The Hall–Kier alpha value is -14.6. The minimum Gasteiger partial charge on any atom is -0.0985 e. The van der Waals surface area contributed by atoms with E-state index in [4.69, 9.17) is 0 Å². The van der Waals surface area contributed by atoms with Crippen molar-refractivity contribution in [3.05, 3.63) is 595 Å². The third kappa shape index (κ3) is 116. The van der Waals surface area contributed by atoms with E-state index in [2.05, 4.69) is 161 Å². The molecule has 14 rings (SSSR count). The van der Waals surface area contributed by atoms with Gasteiger partial charge in [-0.3, -0.25) is 0 Å². The Morgan fingerprint density at radius 3 is 0.213 bits per heavy atom. The average molecular weight is 1890 g/mol. The number of unbranched alkanes of at least 4 members (excludes halogenated alkanes) is 3. The molecule has 0 fully saturated rings. The summed E-state index contributed by atoms with van der Waals surface area (Å²) in [6.45, 7) is 96.6. The Kier molecular flexibility index (Phi) is 133. The first-order valence-corrected chi connectivity index (χ1v) is 50.2. The number of benzene rings is 14. The Morgan fingerprint density at radius 2 is 0.191 bits per heavy atom. The molecule has 0 saturated carbocycles. The molecular formula is C141H190. The van der Waals surface area contributed by atoms with E-state index in [1.54, 1.807) is 0 Å². The first-order chi connectivity index (χ1) is 68.8. The molecule has 754 valence electrons. The van der Waals surface area contributed by atoms with Crippen molar-refractivity contribution in [1.29, 1.82) is 0 Å². The summed E-state index contributed by atoms with van der Waals surface area (Å²) in [6, 6.07) is 140. The maximum absolute atomic E-state index is 3.63.